The largest absolute Gasteiger partial charge is 0.356 e. The Morgan fingerprint density at radius 2 is 1.83 bits per heavy atom. The van der Waals surface area contributed by atoms with Crippen molar-refractivity contribution in [3.63, 3.8) is 0 Å². The minimum Gasteiger partial charge on any atom is -0.356 e. The Balaban J connectivity index is 1.79. The van der Waals surface area contributed by atoms with Crippen LogP contribution in [0, 0.1) is 26.7 Å². The van der Waals surface area contributed by atoms with Crippen molar-refractivity contribution in [2.45, 2.75) is 53.4 Å². The molecule has 2 amide bonds. The smallest absolute Gasteiger partial charge is 0.256 e. The zero-order valence-corrected chi connectivity index (χ0v) is 18.1. The molecule has 3 rings (SSSR count). The number of carbonyl (C=O) groups excluding carboxylic acids is 2. The molecule has 1 atom stereocenters. The molecule has 5 heteroatoms. The Morgan fingerprint density at radius 1 is 1.10 bits per heavy atom. The van der Waals surface area contributed by atoms with Crippen LogP contribution in [-0.4, -0.2) is 40.9 Å². The molecule has 1 saturated heterocycles. The number of hydrogen-bond acceptors (Lipinski definition) is 2. The van der Waals surface area contributed by atoms with Crippen molar-refractivity contribution < 1.29 is 9.59 Å². The summed E-state index contributed by atoms with van der Waals surface area (Å²) in [4.78, 5) is 27.3. The number of carbonyl (C=O) groups is 2. The van der Waals surface area contributed by atoms with E-state index in [0.29, 0.717) is 25.4 Å². The van der Waals surface area contributed by atoms with Gasteiger partial charge in [-0.2, -0.15) is 0 Å². The molecule has 1 N–H and O–H groups in total. The number of aryl methyl sites for hydroxylation is 3. The van der Waals surface area contributed by atoms with Crippen LogP contribution < -0.4 is 5.32 Å². The molecule has 0 spiro atoms. The lowest BCUT2D eigenvalue weighted by atomic mass is 9.96. The highest BCUT2D eigenvalue weighted by Gasteiger charge is 2.27. The van der Waals surface area contributed by atoms with Crippen LogP contribution in [-0.2, 0) is 4.79 Å². The zero-order chi connectivity index (χ0) is 21.0. The van der Waals surface area contributed by atoms with Crippen LogP contribution in [0.2, 0.25) is 0 Å². The van der Waals surface area contributed by atoms with Crippen molar-refractivity contribution in [1.82, 2.24) is 14.8 Å². The van der Waals surface area contributed by atoms with E-state index in [1.165, 1.54) is 0 Å². The molecule has 1 aliphatic rings. The lowest BCUT2D eigenvalue weighted by Crippen LogP contribution is -2.44. The normalized spacial score (nSPS) is 16.7. The van der Waals surface area contributed by atoms with Crippen LogP contribution in [0.1, 0.15) is 59.9 Å². The predicted octanol–water partition coefficient (Wildman–Crippen LogP) is 4.17. The molecule has 1 aliphatic heterocycles. The summed E-state index contributed by atoms with van der Waals surface area (Å²) < 4.78 is 2.15. The van der Waals surface area contributed by atoms with Crippen molar-refractivity contribution in [2.24, 2.45) is 5.92 Å². The van der Waals surface area contributed by atoms with Gasteiger partial charge in [-0.15, -0.1) is 0 Å². The van der Waals surface area contributed by atoms with Gasteiger partial charge in [0, 0.05) is 37.4 Å². The molecule has 156 valence electrons. The van der Waals surface area contributed by atoms with Crippen LogP contribution in [0.15, 0.2) is 30.3 Å². The van der Waals surface area contributed by atoms with E-state index >= 15 is 0 Å². The van der Waals surface area contributed by atoms with Crippen LogP contribution in [0.3, 0.4) is 0 Å². The first-order valence-electron chi connectivity index (χ1n) is 10.7. The van der Waals surface area contributed by atoms with E-state index in [9.17, 15) is 9.59 Å². The highest BCUT2D eigenvalue weighted by molar-refractivity contribution is 5.98. The summed E-state index contributed by atoms with van der Waals surface area (Å²) in [6, 6.07) is 10.3. The molecule has 0 unspecified atom stereocenters. The number of aromatic nitrogens is 1. The summed E-state index contributed by atoms with van der Waals surface area (Å²) in [5, 5.41) is 3.03. The van der Waals surface area contributed by atoms with Gasteiger partial charge >= 0.3 is 0 Å². The van der Waals surface area contributed by atoms with Crippen molar-refractivity contribution in [3.05, 3.63) is 52.8 Å². The average Bonchev–Trinajstić information content (AvgIpc) is 3.04. The van der Waals surface area contributed by atoms with Gasteiger partial charge in [0.2, 0.25) is 5.91 Å². The molecule has 2 heterocycles. The second-order valence-corrected chi connectivity index (χ2v) is 8.29. The third-order valence-corrected chi connectivity index (χ3v) is 5.77. The molecule has 0 radical (unpaired) electrons. The maximum atomic E-state index is 13.5. The van der Waals surface area contributed by atoms with Gasteiger partial charge in [-0.05, 0) is 70.2 Å². The third-order valence-electron chi connectivity index (χ3n) is 5.77. The summed E-state index contributed by atoms with van der Waals surface area (Å²) in [5.41, 5.74) is 5.02. The monoisotopic (exact) mass is 395 g/mol. The Morgan fingerprint density at radius 3 is 2.52 bits per heavy atom. The fourth-order valence-corrected chi connectivity index (χ4v) is 4.22. The number of nitrogens with one attached hydrogen (secondary N) is 1. The van der Waals surface area contributed by atoms with Crippen LogP contribution in [0.25, 0.3) is 5.69 Å². The summed E-state index contributed by atoms with van der Waals surface area (Å²) in [6.45, 7) is 10.3. The predicted molar refractivity (Wildman–Crippen MR) is 117 cm³/mol. The molecule has 1 aromatic carbocycles. The minimum atomic E-state index is 0.0841. The quantitative estimate of drug-likeness (QED) is 0.798. The van der Waals surface area contributed by atoms with E-state index in [0.717, 1.165) is 54.0 Å². The second kappa shape index (κ2) is 9.29. The molecule has 29 heavy (non-hydrogen) atoms. The lowest BCUT2D eigenvalue weighted by Gasteiger charge is -2.33. The van der Waals surface area contributed by atoms with Crippen molar-refractivity contribution in [3.8, 4) is 5.69 Å². The summed E-state index contributed by atoms with van der Waals surface area (Å²) in [7, 11) is 0. The maximum absolute atomic E-state index is 13.5. The van der Waals surface area contributed by atoms with E-state index < -0.39 is 0 Å². The van der Waals surface area contributed by atoms with Gasteiger partial charge < -0.3 is 14.8 Å². The zero-order valence-electron chi connectivity index (χ0n) is 18.1. The van der Waals surface area contributed by atoms with Gasteiger partial charge in [-0.25, -0.2) is 0 Å². The molecule has 1 aromatic heterocycles. The fourth-order valence-electron chi connectivity index (χ4n) is 4.22. The van der Waals surface area contributed by atoms with Gasteiger partial charge in [-0.1, -0.05) is 18.6 Å². The number of likely N-dealkylation sites (tertiary alicyclic amines) is 1. The average molecular weight is 396 g/mol. The van der Waals surface area contributed by atoms with Gasteiger partial charge in [0.15, 0.2) is 0 Å². The number of nitrogens with zero attached hydrogens (tertiary/aromatic N) is 2. The van der Waals surface area contributed by atoms with Gasteiger partial charge in [0.25, 0.3) is 5.91 Å². The van der Waals surface area contributed by atoms with Crippen LogP contribution in [0.5, 0.6) is 0 Å². The van der Waals surface area contributed by atoms with Crippen LogP contribution >= 0.6 is 0 Å². The number of benzene rings is 1. The van der Waals surface area contributed by atoms with E-state index in [4.69, 9.17) is 0 Å². The molecule has 0 bridgehead atoms. The lowest BCUT2D eigenvalue weighted by molar-refractivity contribution is -0.121. The minimum absolute atomic E-state index is 0.0841. The molecule has 5 nitrogen and oxygen atoms in total. The Labute approximate surface area is 174 Å². The standard InChI is InChI=1S/C24H33N3O2/c1-5-7-23(28)25-15-20-8-6-13-26(16-20)24(29)21-14-17(2)9-12-22(21)27-18(3)10-11-19(27)4/h9-12,14,20H,5-8,13,15-16H2,1-4H3,(H,25,28)/t20-/m1/s1. The molecule has 2 aromatic rings. The first kappa shape index (κ1) is 21.2. The van der Waals surface area contributed by atoms with Gasteiger partial charge in [0.1, 0.15) is 0 Å². The molecule has 0 aliphatic carbocycles. The van der Waals surface area contributed by atoms with Crippen molar-refractivity contribution >= 4 is 11.8 Å². The molecule has 1 fully saturated rings. The van der Waals surface area contributed by atoms with Crippen molar-refractivity contribution in [2.75, 3.05) is 19.6 Å². The SMILES string of the molecule is CCCC(=O)NC[C@H]1CCCN(C(=O)c2cc(C)ccc2-n2c(C)ccc2C)C1. The Bertz CT molecular complexity index is 865. The Hall–Kier alpha value is -2.56. The first-order valence-corrected chi connectivity index (χ1v) is 10.7. The van der Waals surface area contributed by atoms with E-state index in [2.05, 4.69) is 48.0 Å². The second-order valence-electron chi connectivity index (χ2n) is 8.29. The van der Waals surface area contributed by atoms with E-state index in [-0.39, 0.29) is 11.8 Å². The summed E-state index contributed by atoms with van der Waals surface area (Å²) in [5.74, 6) is 0.507. The number of amides is 2. The fraction of sp³-hybridized carbons (Fsp3) is 0.500. The number of piperidine rings is 1. The van der Waals surface area contributed by atoms with Gasteiger partial charge in [0.05, 0.1) is 11.3 Å². The first-order chi connectivity index (χ1) is 13.9. The van der Waals surface area contributed by atoms with E-state index in [1.54, 1.807) is 0 Å². The third kappa shape index (κ3) is 4.89. The number of rotatable bonds is 6. The molecule has 0 saturated carbocycles. The van der Waals surface area contributed by atoms with Crippen LogP contribution in [0.4, 0.5) is 0 Å². The maximum Gasteiger partial charge on any atom is 0.256 e. The summed E-state index contributed by atoms with van der Waals surface area (Å²) >= 11 is 0. The van der Waals surface area contributed by atoms with Gasteiger partial charge in [-0.3, -0.25) is 9.59 Å². The molecular weight excluding hydrogens is 362 g/mol. The van der Waals surface area contributed by atoms with Crippen molar-refractivity contribution in [1.29, 1.82) is 0 Å². The molecular formula is C24H33N3O2. The number of hydrogen-bond donors (Lipinski definition) is 1. The Kier molecular flexibility index (Phi) is 6.78. The highest BCUT2D eigenvalue weighted by Crippen LogP contribution is 2.25. The van der Waals surface area contributed by atoms with E-state index in [1.807, 2.05) is 24.8 Å². The topological polar surface area (TPSA) is 54.3 Å². The summed E-state index contributed by atoms with van der Waals surface area (Å²) in [6.07, 6.45) is 3.45. The highest BCUT2D eigenvalue weighted by atomic mass is 16.2.